The molecule has 0 unspecified atom stereocenters. The molecule has 1 rings (SSSR count). The molecule has 0 spiro atoms. The summed E-state index contributed by atoms with van der Waals surface area (Å²) in [6, 6.07) is 7.05. The molecule has 0 aromatic heterocycles. The second-order valence-corrected chi connectivity index (χ2v) is 7.72. The largest absolute Gasteiger partial charge is 0.379 e. The summed E-state index contributed by atoms with van der Waals surface area (Å²) in [5.74, 6) is 0.700. The lowest BCUT2D eigenvalue weighted by atomic mass is 10.0. The van der Waals surface area contributed by atoms with Gasteiger partial charge < -0.3 is 5.32 Å². The number of alkyl halides is 1. The van der Waals surface area contributed by atoms with Crippen LogP contribution in [-0.2, 0) is 9.84 Å². The average Bonchev–Trinajstić information content (AvgIpc) is 2.28. The Bertz CT molecular complexity index is 512. The zero-order chi connectivity index (χ0) is 14.5. The van der Waals surface area contributed by atoms with Gasteiger partial charge in [0.2, 0.25) is 0 Å². The van der Waals surface area contributed by atoms with Crippen LogP contribution in [0, 0.1) is 0 Å². The standard InChI is InChI=1S/C14H22ClNO2S/c1-4-11-19(17,18)13-8-6-5-7-12(13)16-14(2,3)9-10-15/h5-8,16H,4,9-11H2,1-3H3. The van der Waals surface area contributed by atoms with Crippen molar-refractivity contribution in [1.82, 2.24) is 0 Å². The zero-order valence-electron chi connectivity index (χ0n) is 11.7. The molecule has 0 saturated heterocycles. The fourth-order valence-electron chi connectivity index (χ4n) is 1.88. The highest BCUT2D eigenvalue weighted by Gasteiger charge is 2.22. The molecule has 3 nitrogen and oxygen atoms in total. The molecule has 1 N–H and O–H groups in total. The van der Waals surface area contributed by atoms with Crippen molar-refractivity contribution in [3.05, 3.63) is 24.3 Å². The van der Waals surface area contributed by atoms with Gasteiger partial charge in [0.25, 0.3) is 0 Å². The van der Waals surface area contributed by atoms with E-state index in [4.69, 9.17) is 11.6 Å². The first kappa shape index (κ1) is 16.3. The van der Waals surface area contributed by atoms with Gasteiger partial charge in [0.05, 0.1) is 16.3 Å². The highest BCUT2D eigenvalue weighted by Crippen LogP contribution is 2.26. The fraction of sp³-hybridized carbons (Fsp3) is 0.571. The smallest absolute Gasteiger partial charge is 0.180 e. The van der Waals surface area contributed by atoms with Crippen LogP contribution in [0.5, 0.6) is 0 Å². The predicted octanol–water partition coefficient (Wildman–Crippen LogP) is 3.69. The van der Waals surface area contributed by atoms with Gasteiger partial charge in [-0.05, 0) is 38.8 Å². The van der Waals surface area contributed by atoms with Gasteiger partial charge in [0.15, 0.2) is 9.84 Å². The number of sulfone groups is 1. The summed E-state index contributed by atoms with van der Waals surface area (Å²) >= 11 is 5.77. The van der Waals surface area contributed by atoms with E-state index < -0.39 is 9.84 Å². The molecule has 0 radical (unpaired) electrons. The summed E-state index contributed by atoms with van der Waals surface area (Å²) in [7, 11) is -3.22. The molecule has 1 aromatic rings. The Morgan fingerprint density at radius 3 is 2.47 bits per heavy atom. The normalized spacial score (nSPS) is 12.4. The molecular formula is C14H22ClNO2S. The Morgan fingerprint density at radius 1 is 1.26 bits per heavy atom. The molecule has 0 aliphatic carbocycles. The van der Waals surface area contributed by atoms with Crippen LogP contribution >= 0.6 is 11.6 Å². The van der Waals surface area contributed by atoms with Crippen molar-refractivity contribution in [2.45, 2.75) is 44.0 Å². The molecule has 0 atom stereocenters. The summed E-state index contributed by atoms with van der Waals surface area (Å²) in [5, 5.41) is 3.29. The van der Waals surface area contributed by atoms with Gasteiger partial charge in [-0.15, -0.1) is 11.6 Å². The van der Waals surface area contributed by atoms with Gasteiger partial charge >= 0.3 is 0 Å². The lowest BCUT2D eigenvalue weighted by Gasteiger charge is -2.28. The van der Waals surface area contributed by atoms with Crippen LogP contribution < -0.4 is 5.32 Å². The first-order chi connectivity index (χ1) is 8.82. The second kappa shape index (κ2) is 6.62. The third kappa shape index (κ3) is 4.69. The molecule has 5 heteroatoms. The van der Waals surface area contributed by atoms with E-state index in [0.717, 1.165) is 6.42 Å². The van der Waals surface area contributed by atoms with Crippen LogP contribution in [0.25, 0.3) is 0 Å². The summed E-state index contributed by atoms with van der Waals surface area (Å²) in [5.41, 5.74) is 0.422. The quantitative estimate of drug-likeness (QED) is 0.781. The van der Waals surface area contributed by atoms with Crippen molar-refractivity contribution < 1.29 is 8.42 Å². The van der Waals surface area contributed by atoms with Crippen molar-refractivity contribution in [3.8, 4) is 0 Å². The molecule has 0 aliphatic rings. The van der Waals surface area contributed by atoms with E-state index in [0.29, 0.717) is 22.9 Å². The minimum atomic E-state index is -3.22. The Labute approximate surface area is 121 Å². The fourth-order valence-corrected chi connectivity index (χ4v) is 3.85. The summed E-state index contributed by atoms with van der Waals surface area (Å²) in [6.45, 7) is 5.89. The van der Waals surface area contributed by atoms with Crippen LogP contribution in [0.1, 0.15) is 33.6 Å². The Kier molecular flexibility index (Phi) is 5.68. The second-order valence-electron chi connectivity index (χ2n) is 5.26. The number of benzene rings is 1. The third-order valence-electron chi connectivity index (χ3n) is 2.89. The minimum absolute atomic E-state index is 0.168. The van der Waals surface area contributed by atoms with E-state index in [9.17, 15) is 8.42 Å². The van der Waals surface area contributed by atoms with E-state index in [2.05, 4.69) is 5.32 Å². The zero-order valence-corrected chi connectivity index (χ0v) is 13.3. The van der Waals surface area contributed by atoms with E-state index >= 15 is 0 Å². The van der Waals surface area contributed by atoms with Gasteiger partial charge in [-0.25, -0.2) is 8.42 Å². The molecule has 0 heterocycles. The monoisotopic (exact) mass is 303 g/mol. The van der Waals surface area contributed by atoms with Crippen molar-refractivity contribution in [2.24, 2.45) is 0 Å². The molecular weight excluding hydrogens is 282 g/mol. The van der Waals surface area contributed by atoms with E-state index in [1.807, 2.05) is 26.8 Å². The maximum atomic E-state index is 12.2. The van der Waals surface area contributed by atoms with Gasteiger partial charge in [0, 0.05) is 11.4 Å². The highest BCUT2D eigenvalue weighted by molar-refractivity contribution is 7.91. The topological polar surface area (TPSA) is 46.2 Å². The number of anilines is 1. The van der Waals surface area contributed by atoms with Crippen LogP contribution in [0.2, 0.25) is 0 Å². The maximum absolute atomic E-state index is 12.2. The van der Waals surface area contributed by atoms with Crippen LogP contribution in [0.3, 0.4) is 0 Å². The van der Waals surface area contributed by atoms with Crippen LogP contribution in [0.4, 0.5) is 5.69 Å². The SMILES string of the molecule is CCCS(=O)(=O)c1ccccc1NC(C)(C)CCCl. The van der Waals surface area contributed by atoms with Crippen molar-refractivity contribution in [3.63, 3.8) is 0 Å². The van der Waals surface area contributed by atoms with Crippen molar-refractivity contribution in [1.29, 1.82) is 0 Å². The number of nitrogens with one attached hydrogen (secondary N) is 1. The van der Waals surface area contributed by atoms with E-state index in [1.54, 1.807) is 18.2 Å². The molecule has 0 fully saturated rings. The first-order valence-electron chi connectivity index (χ1n) is 6.48. The molecule has 0 saturated carbocycles. The van der Waals surface area contributed by atoms with Crippen molar-refractivity contribution >= 4 is 27.1 Å². The average molecular weight is 304 g/mol. The first-order valence-corrected chi connectivity index (χ1v) is 8.67. The van der Waals surface area contributed by atoms with Crippen LogP contribution in [0.15, 0.2) is 29.2 Å². The molecule has 0 bridgehead atoms. The lowest BCUT2D eigenvalue weighted by Crippen LogP contribution is -2.32. The number of halogens is 1. The summed E-state index contributed by atoms with van der Waals surface area (Å²) in [4.78, 5) is 0.375. The van der Waals surface area contributed by atoms with E-state index in [-0.39, 0.29) is 11.3 Å². The van der Waals surface area contributed by atoms with Gasteiger partial charge in [-0.3, -0.25) is 0 Å². The summed E-state index contributed by atoms with van der Waals surface area (Å²) < 4.78 is 24.5. The Balaban J connectivity index is 3.10. The lowest BCUT2D eigenvalue weighted by molar-refractivity contribution is 0.548. The molecule has 1 aromatic carbocycles. The maximum Gasteiger partial charge on any atom is 0.180 e. The Morgan fingerprint density at radius 2 is 1.89 bits per heavy atom. The minimum Gasteiger partial charge on any atom is -0.379 e. The predicted molar refractivity (Wildman–Crippen MR) is 81.8 cm³/mol. The molecule has 19 heavy (non-hydrogen) atoms. The van der Waals surface area contributed by atoms with Gasteiger partial charge in [-0.2, -0.15) is 0 Å². The molecule has 0 aliphatic heterocycles. The van der Waals surface area contributed by atoms with E-state index in [1.165, 1.54) is 0 Å². The number of hydrogen-bond acceptors (Lipinski definition) is 3. The van der Waals surface area contributed by atoms with Crippen LogP contribution in [-0.4, -0.2) is 25.6 Å². The highest BCUT2D eigenvalue weighted by atomic mass is 35.5. The van der Waals surface area contributed by atoms with Crippen molar-refractivity contribution in [2.75, 3.05) is 16.9 Å². The Hall–Kier alpha value is -0.740. The molecule has 108 valence electrons. The van der Waals surface area contributed by atoms with Gasteiger partial charge in [-0.1, -0.05) is 19.1 Å². The number of para-hydroxylation sites is 1. The summed E-state index contributed by atoms with van der Waals surface area (Å²) in [6.07, 6.45) is 1.37. The number of hydrogen-bond donors (Lipinski definition) is 1. The number of rotatable bonds is 7. The third-order valence-corrected chi connectivity index (χ3v) is 5.05. The molecule has 0 amide bonds. The van der Waals surface area contributed by atoms with Gasteiger partial charge in [0.1, 0.15) is 0 Å².